The third-order valence-corrected chi connectivity index (χ3v) is 7.98. The van der Waals surface area contributed by atoms with Crippen LogP contribution in [0.4, 0.5) is 0 Å². The zero-order chi connectivity index (χ0) is 15.3. The second-order valence-electron chi connectivity index (χ2n) is 8.82. The van der Waals surface area contributed by atoms with Crippen molar-refractivity contribution in [3.63, 3.8) is 0 Å². The smallest absolute Gasteiger partial charge is 0.120 e. The Kier molecular flexibility index (Phi) is 3.61. The van der Waals surface area contributed by atoms with Gasteiger partial charge >= 0.3 is 0 Å². The Bertz CT molecular complexity index is 538. The van der Waals surface area contributed by atoms with Crippen molar-refractivity contribution in [2.75, 3.05) is 0 Å². The zero-order valence-corrected chi connectivity index (χ0v) is 14.2. The Hall–Kier alpha value is -0.810. The Balaban J connectivity index is 1.69. The molecule has 4 aliphatic rings. The van der Waals surface area contributed by atoms with Crippen LogP contribution in [0, 0.1) is 35.0 Å². The third kappa shape index (κ3) is 2.01. The van der Waals surface area contributed by atoms with Gasteiger partial charge in [-0.15, -0.1) is 0 Å². The van der Waals surface area contributed by atoms with E-state index in [4.69, 9.17) is 0 Å². The first-order valence-corrected chi connectivity index (χ1v) is 9.57. The van der Waals surface area contributed by atoms with Crippen LogP contribution < -0.4 is 0 Å². The van der Waals surface area contributed by atoms with E-state index >= 15 is 0 Å². The van der Waals surface area contributed by atoms with Crippen LogP contribution in [0.2, 0.25) is 0 Å². The summed E-state index contributed by atoms with van der Waals surface area (Å²) in [6, 6.07) is 0. The van der Waals surface area contributed by atoms with Crippen LogP contribution >= 0.6 is 0 Å². The summed E-state index contributed by atoms with van der Waals surface area (Å²) in [6.07, 6.45) is 14.1. The number of allylic oxidation sites excluding steroid dienone is 3. The maximum Gasteiger partial charge on any atom is 0.120 e. The molecule has 0 bridgehead atoms. The van der Waals surface area contributed by atoms with Crippen LogP contribution in [0.25, 0.3) is 0 Å². The molecule has 0 aromatic rings. The molecule has 0 amide bonds. The number of rotatable bonds is 1. The highest BCUT2D eigenvalue weighted by Crippen LogP contribution is 2.64. The van der Waals surface area contributed by atoms with E-state index in [1.54, 1.807) is 0 Å². The van der Waals surface area contributed by atoms with Gasteiger partial charge in [-0.05, 0) is 92.8 Å². The van der Waals surface area contributed by atoms with Gasteiger partial charge in [0.25, 0.3) is 0 Å². The highest BCUT2D eigenvalue weighted by atomic mass is 16.1. The van der Waals surface area contributed by atoms with E-state index in [1.807, 2.05) is 17.2 Å². The minimum atomic E-state index is 0.375. The van der Waals surface area contributed by atoms with Crippen molar-refractivity contribution in [1.29, 1.82) is 0 Å². The van der Waals surface area contributed by atoms with Gasteiger partial charge in [-0.2, -0.15) is 0 Å². The van der Waals surface area contributed by atoms with Crippen LogP contribution in [0.3, 0.4) is 0 Å². The number of fused-ring (bicyclic) bond motifs is 4. The summed E-state index contributed by atoms with van der Waals surface area (Å²) in [7, 11) is 0. The van der Waals surface area contributed by atoms with E-state index in [0.717, 1.165) is 23.7 Å². The summed E-state index contributed by atoms with van der Waals surface area (Å²) < 4.78 is 0. The predicted octanol–water partition coefficient (Wildman–Crippen LogP) is 5.34. The second-order valence-corrected chi connectivity index (χ2v) is 8.82. The molecule has 0 aliphatic heterocycles. The summed E-state index contributed by atoms with van der Waals surface area (Å²) in [5.41, 5.74) is 4.12. The molecule has 4 rings (SSSR count). The molecule has 120 valence electrons. The predicted molar refractivity (Wildman–Crippen MR) is 90.1 cm³/mol. The van der Waals surface area contributed by atoms with E-state index < -0.39 is 0 Å². The number of hydrogen-bond donors (Lipinski definition) is 0. The number of carbonyl (C=O) groups excluding carboxylic acids is 1. The zero-order valence-electron chi connectivity index (χ0n) is 14.2. The molecule has 1 heteroatoms. The van der Waals surface area contributed by atoms with Crippen LogP contribution in [0.5, 0.6) is 0 Å². The first-order chi connectivity index (χ1) is 10.6. The fourth-order valence-corrected chi connectivity index (χ4v) is 6.99. The van der Waals surface area contributed by atoms with Crippen molar-refractivity contribution in [2.24, 2.45) is 35.0 Å². The van der Waals surface area contributed by atoms with Gasteiger partial charge in [-0.1, -0.05) is 25.0 Å². The lowest BCUT2D eigenvalue weighted by Crippen LogP contribution is -2.46. The van der Waals surface area contributed by atoms with E-state index in [9.17, 15) is 4.79 Å². The maximum absolute atomic E-state index is 10.9. The molecule has 6 atom stereocenters. The molecule has 1 nitrogen and oxygen atoms in total. The fraction of sp³-hybridized carbons (Fsp3) is 0.810. The molecule has 0 spiro atoms. The molecule has 0 aromatic heterocycles. The van der Waals surface area contributed by atoms with Crippen molar-refractivity contribution >= 4 is 5.94 Å². The lowest BCUT2D eigenvalue weighted by Gasteiger charge is -2.54. The van der Waals surface area contributed by atoms with Gasteiger partial charge in [0.2, 0.25) is 0 Å². The normalized spacial score (nSPS) is 47.3. The van der Waals surface area contributed by atoms with E-state index in [-0.39, 0.29) is 0 Å². The van der Waals surface area contributed by atoms with Gasteiger partial charge < -0.3 is 0 Å². The van der Waals surface area contributed by atoms with Crippen molar-refractivity contribution < 1.29 is 4.79 Å². The summed E-state index contributed by atoms with van der Waals surface area (Å²) in [6.45, 7) is 5.00. The molecule has 2 fully saturated rings. The lowest BCUT2D eigenvalue weighted by molar-refractivity contribution is -0.000933. The fourth-order valence-electron chi connectivity index (χ4n) is 6.99. The molecule has 0 N–H and O–H groups in total. The molecular formula is C21H30O. The quantitative estimate of drug-likeness (QED) is 0.471. The minimum absolute atomic E-state index is 0.375. The molecular weight excluding hydrogens is 268 g/mol. The van der Waals surface area contributed by atoms with Crippen LogP contribution in [0.1, 0.15) is 71.6 Å². The SMILES string of the molecule is C[C@@H]1CC2=C(CCCC2)[C@H]2CC[C@]3(C)[C@H](C=C=O)CC[C@H]3[C@H]12. The van der Waals surface area contributed by atoms with Gasteiger partial charge in [0, 0.05) is 6.08 Å². The Morgan fingerprint density at radius 2 is 2.00 bits per heavy atom. The van der Waals surface area contributed by atoms with Gasteiger partial charge in [0.15, 0.2) is 0 Å². The van der Waals surface area contributed by atoms with E-state index in [0.29, 0.717) is 11.3 Å². The van der Waals surface area contributed by atoms with Crippen molar-refractivity contribution in [3.8, 4) is 0 Å². The van der Waals surface area contributed by atoms with Crippen molar-refractivity contribution in [2.45, 2.75) is 71.6 Å². The maximum atomic E-state index is 10.9. The first-order valence-electron chi connectivity index (χ1n) is 9.57. The summed E-state index contributed by atoms with van der Waals surface area (Å²) in [5, 5.41) is 0. The molecule has 4 aliphatic carbocycles. The van der Waals surface area contributed by atoms with Gasteiger partial charge in [-0.25, -0.2) is 4.79 Å². The Morgan fingerprint density at radius 3 is 2.82 bits per heavy atom. The molecule has 0 heterocycles. The van der Waals surface area contributed by atoms with Gasteiger partial charge in [0.05, 0.1) is 0 Å². The second kappa shape index (κ2) is 5.38. The van der Waals surface area contributed by atoms with E-state index in [1.165, 1.54) is 57.8 Å². The molecule has 0 aromatic carbocycles. The molecule has 0 saturated heterocycles. The van der Waals surface area contributed by atoms with Crippen molar-refractivity contribution in [3.05, 3.63) is 17.2 Å². The average molecular weight is 298 g/mol. The standard InChI is InChI=1S/C21H30O/c1-14-13-15-5-3-4-6-17(15)18-9-11-21(2)16(10-12-22)7-8-19(21)20(14)18/h10,14,16,18-20H,3-9,11,13H2,1-2H3/t14-,16+,18-,19+,20-,21-/m1/s1. The molecule has 0 unspecified atom stereocenters. The molecule has 0 radical (unpaired) electrons. The Labute approximate surface area is 135 Å². The topological polar surface area (TPSA) is 17.1 Å². The van der Waals surface area contributed by atoms with Crippen molar-refractivity contribution in [1.82, 2.24) is 0 Å². The van der Waals surface area contributed by atoms with Gasteiger partial charge in [0.1, 0.15) is 5.94 Å². The summed E-state index contributed by atoms with van der Waals surface area (Å²) in [4.78, 5) is 10.9. The highest BCUT2D eigenvalue weighted by Gasteiger charge is 2.55. The largest absolute Gasteiger partial charge is 0.234 e. The summed E-state index contributed by atoms with van der Waals surface area (Å²) in [5.74, 6) is 6.07. The third-order valence-electron chi connectivity index (χ3n) is 7.98. The van der Waals surface area contributed by atoms with Gasteiger partial charge in [-0.3, -0.25) is 0 Å². The van der Waals surface area contributed by atoms with Crippen LogP contribution in [-0.2, 0) is 4.79 Å². The summed E-state index contributed by atoms with van der Waals surface area (Å²) >= 11 is 0. The number of hydrogen-bond acceptors (Lipinski definition) is 1. The van der Waals surface area contributed by atoms with E-state index in [2.05, 4.69) is 19.8 Å². The lowest BCUT2D eigenvalue weighted by atomic mass is 9.51. The molecule has 2 saturated carbocycles. The molecule has 22 heavy (non-hydrogen) atoms. The highest BCUT2D eigenvalue weighted by molar-refractivity contribution is 5.46. The Morgan fingerprint density at radius 1 is 1.18 bits per heavy atom. The van der Waals surface area contributed by atoms with Crippen LogP contribution in [0.15, 0.2) is 17.2 Å². The first kappa shape index (κ1) is 14.8. The average Bonchev–Trinajstić information content (AvgIpc) is 2.84. The van der Waals surface area contributed by atoms with Crippen LogP contribution in [-0.4, -0.2) is 5.94 Å². The monoisotopic (exact) mass is 298 g/mol. The minimum Gasteiger partial charge on any atom is -0.234 e.